The Balaban J connectivity index is 2.94. The number of aliphatic hydroxyl groups excluding tert-OH is 1. The lowest BCUT2D eigenvalue weighted by Gasteiger charge is -2.23. The summed E-state index contributed by atoms with van der Waals surface area (Å²) >= 11 is 0. The van der Waals surface area contributed by atoms with Gasteiger partial charge in [-0.3, -0.25) is 4.79 Å². The summed E-state index contributed by atoms with van der Waals surface area (Å²) in [6, 6.07) is 3.59. The van der Waals surface area contributed by atoms with Crippen LogP contribution in [0.3, 0.4) is 0 Å². The summed E-state index contributed by atoms with van der Waals surface area (Å²) in [7, 11) is 0. The van der Waals surface area contributed by atoms with Crippen molar-refractivity contribution < 1.29 is 33.7 Å². The summed E-state index contributed by atoms with van der Waals surface area (Å²) in [6.07, 6.45) is -1.50. The van der Waals surface area contributed by atoms with Crippen LogP contribution < -0.4 is 15.8 Å². The first-order valence-electron chi connectivity index (χ1n) is 9.14. The molecule has 4 N–H and O–H groups in total. The fraction of sp³-hybridized carbons (Fsp3) is 0.550. The minimum Gasteiger partial charge on any atom is -0.444 e. The maximum absolute atomic E-state index is 11.9. The van der Waals surface area contributed by atoms with Crippen LogP contribution in [0.1, 0.15) is 57.5 Å². The summed E-state index contributed by atoms with van der Waals surface area (Å²) in [5.41, 5.74) is 4.57. The SMILES string of the molecule is CC(C)(C)OC(=O)N[C@H](CO)Cc1ccc(OC(=O)OC(C)(C)C)cc1C(N)=O. The van der Waals surface area contributed by atoms with Gasteiger partial charge in [0, 0.05) is 5.56 Å². The van der Waals surface area contributed by atoms with Gasteiger partial charge < -0.3 is 30.4 Å². The van der Waals surface area contributed by atoms with Gasteiger partial charge in [-0.2, -0.15) is 0 Å². The molecule has 0 fully saturated rings. The van der Waals surface area contributed by atoms with Crippen LogP contribution in [-0.4, -0.2) is 47.1 Å². The van der Waals surface area contributed by atoms with Gasteiger partial charge in [-0.05, 0) is 65.7 Å². The molecule has 1 atom stereocenters. The molecule has 1 aromatic carbocycles. The van der Waals surface area contributed by atoms with Gasteiger partial charge in [0.2, 0.25) is 5.91 Å². The van der Waals surface area contributed by atoms with Gasteiger partial charge in [-0.15, -0.1) is 0 Å². The van der Waals surface area contributed by atoms with E-state index in [0.29, 0.717) is 5.56 Å². The third kappa shape index (κ3) is 9.29. The zero-order valence-electron chi connectivity index (χ0n) is 17.7. The molecule has 2 amide bonds. The third-order valence-corrected chi connectivity index (χ3v) is 3.35. The summed E-state index contributed by atoms with van der Waals surface area (Å²) < 4.78 is 15.3. The van der Waals surface area contributed by atoms with Gasteiger partial charge in [-0.25, -0.2) is 9.59 Å². The molecule has 0 saturated carbocycles. The smallest absolute Gasteiger partial charge is 0.444 e. The van der Waals surface area contributed by atoms with Gasteiger partial charge >= 0.3 is 12.2 Å². The quantitative estimate of drug-likeness (QED) is 0.484. The lowest BCUT2D eigenvalue weighted by Crippen LogP contribution is -2.42. The number of benzene rings is 1. The van der Waals surface area contributed by atoms with E-state index in [4.69, 9.17) is 19.9 Å². The van der Waals surface area contributed by atoms with Crippen LogP contribution in [0.4, 0.5) is 9.59 Å². The van der Waals surface area contributed by atoms with Gasteiger partial charge in [-0.1, -0.05) is 6.07 Å². The molecule has 29 heavy (non-hydrogen) atoms. The first-order valence-corrected chi connectivity index (χ1v) is 9.14. The topological polar surface area (TPSA) is 137 Å². The van der Waals surface area contributed by atoms with E-state index in [2.05, 4.69) is 5.32 Å². The van der Waals surface area contributed by atoms with Crippen molar-refractivity contribution in [3.8, 4) is 5.75 Å². The molecule has 0 radical (unpaired) electrons. The maximum Gasteiger partial charge on any atom is 0.514 e. The molecule has 0 heterocycles. The molecule has 0 spiro atoms. The first-order chi connectivity index (χ1) is 13.2. The van der Waals surface area contributed by atoms with Crippen molar-refractivity contribution in [1.29, 1.82) is 0 Å². The van der Waals surface area contributed by atoms with E-state index < -0.39 is 35.4 Å². The monoisotopic (exact) mass is 410 g/mol. The highest BCUT2D eigenvalue weighted by molar-refractivity contribution is 5.95. The fourth-order valence-electron chi connectivity index (χ4n) is 2.29. The Bertz CT molecular complexity index is 748. The van der Waals surface area contributed by atoms with Crippen LogP contribution >= 0.6 is 0 Å². The van der Waals surface area contributed by atoms with Crippen molar-refractivity contribution in [2.75, 3.05) is 6.61 Å². The molecular weight excluding hydrogens is 380 g/mol. The highest BCUT2D eigenvalue weighted by atomic mass is 16.7. The maximum atomic E-state index is 11.9. The van der Waals surface area contributed by atoms with Crippen molar-refractivity contribution in [3.63, 3.8) is 0 Å². The average Bonchev–Trinajstić information content (AvgIpc) is 2.51. The second kappa shape index (κ2) is 9.60. The molecule has 0 bridgehead atoms. The van der Waals surface area contributed by atoms with Gasteiger partial charge in [0.1, 0.15) is 17.0 Å². The van der Waals surface area contributed by atoms with Crippen LogP contribution in [0.2, 0.25) is 0 Å². The lowest BCUT2D eigenvalue weighted by atomic mass is 9.99. The predicted molar refractivity (Wildman–Crippen MR) is 106 cm³/mol. The Morgan fingerprint density at radius 2 is 1.66 bits per heavy atom. The molecule has 0 aliphatic heterocycles. The minimum atomic E-state index is -0.916. The average molecular weight is 410 g/mol. The molecule has 9 nitrogen and oxygen atoms in total. The highest BCUT2D eigenvalue weighted by Gasteiger charge is 2.22. The highest BCUT2D eigenvalue weighted by Crippen LogP contribution is 2.21. The lowest BCUT2D eigenvalue weighted by molar-refractivity contribution is 0.0205. The van der Waals surface area contributed by atoms with E-state index in [-0.39, 0.29) is 24.3 Å². The summed E-state index contributed by atoms with van der Waals surface area (Å²) in [5.74, 6) is -0.666. The van der Waals surface area contributed by atoms with Crippen LogP contribution in [0.15, 0.2) is 18.2 Å². The molecular formula is C20H30N2O7. The number of carbonyl (C=O) groups excluding carboxylic acids is 3. The number of rotatable bonds is 6. The van der Waals surface area contributed by atoms with Crippen molar-refractivity contribution in [3.05, 3.63) is 29.3 Å². The fourth-order valence-corrected chi connectivity index (χ4v) is 2.29. The number of primary amides is 1. The van der Waals surface area contributed by atoms with Crippen LogP contribution in [0.25, 0.3) is 0 Å². The molecule has 0 aliphatic carbocycles. The number of carbonyl (C=O) groups is 3. The van der Waals surface area contributed by atoms with Gasteiger partial charge in [0.15, 0.2) is 0 Å². The molecule has 0 aliphatic rings. The van der Waals surface area contributed by atoms with Crippen molar-refractivity contribution in [1.82, 2.24) is 5.32 Å². The van der Waals surface area contributed by atoms with Crippen LogP contribution in [-0.2, 0) is 15.9 Å². The molecule has 9 heteroatoms. The normalized spacial score (nSPS) is 12.7. The van der Waals surface area contributed by atoms with Crippen LogP contribution in [0, 0.1) is 0 Å². The Morgan fingerprint density at radius 3 is 2.14 bits per heavy atom. The summed E-state index contributed by atoms with van der Waals surface area (Å²) in [4.78, 5) is 35.6. The van der Waals surface area contributed by atoms with E-state index >= 15 is 0 Å². The molecule has 1 aromatic rings. The van der Waals surface area contributed by atoms with Crippen LogP contribution in [0.5, 0.6) is 5.75 Å². The second-order valence-electron chi connectivity index (χ2n) is 8.48. The standard InChI is InChI=1S/C20H30N2O7/c1-19(2,3)28-17(25)22-13(11-23)9-12-7-8-14(10-15(12)16(21)24)27-18(26)29-20(4,5)6/h7-8,10,13,23H,9,11H2,1-6H3,(H2,21,24)(H,22,25)/t13-/m0/s1. The predicted octanol–water partition coefficient (Wildman–Crippen LogP) is 2.53. The van der Waals surface area contributed by atoms with Crippen molar-refractivity contribution >= 4 is 18.2 Å². The first kappa shape index (κ1) is 24.2. The number of nitrogens with one attached hydrogen (secondary N) is 1. The van der Waals surface area contributed by atoms with E-state index in [0.717, 1.165) is 0 Å². The van der Waals surface area contributed by atoms with Crippen molar-refractivity contribution in [2.45, 2.75) is 65.2 Å². The minimum absolute atomic E-state index is 0.0810. The number of hydrogen-bond donors (Lipinski definition) is 3. The Labute approximate surface area is 170 Å². The molecule has 0 aromatic heterocycles. The number of alkyl carbamates (subject to hydrolysis) is 1. The van der Waals surface area contributed by atoms with Crippen molar-refractivity contribution in [2.24, 2.45) is 5.73 Å². The van der Waals surface area contributed by atoms with E-state index in [1.165, 1.54) is 18.2 Å². The summed E-state index contributed by atoms with van der Waals surface area (Å²) in [6.45, 7) is 9.85. The number of nitrogens with two attached hydrogens (primary N) is 1. The second-order valence-corrected chi connectivity index (χ2v) is 8.48. The van der Waals surface area contributed by atoms with E-state index in [9.17, 15) is 19.5 Å². The third-order valence-electron chi connectivity index (χ3n) is 3.35. The number of hydrogen-bond acceptors (Lipinski definition) is 7. The zero-order chi connectivity index (χ0) is 22.4. The number of ether oxygens (including phenoxy) is 3. The largest absolute Gasteiger partial charge is 0.514 e. The number of amides is 2. The summed E-state index contributed by atoms with van der Waals surface area (Å²) in [5, 5.41) is 12.1. The Kier molecular flexibility index (Phi) is 8.02. The molecule has 162 valence electrons. The van der Waals surface area contributed by atoms with Gasteiger partial charge in [0.25, 0.3) is 0 Å². The Morgan fingerprint density at radius 1 is 1.07 bits per heavy atom. The Hall–Kier alpha value is -2.81. The molecule has 0 unspecified atom stereocenters. The number of aliphatic hydroxyl groups is 1. The van der Waals surface area contributed by atoms with E-state index in [1.807, 2.05) is 0 Å². The van der Waals surface area contributed by atoms with Gasteiger partial charge in [0.05, 0.1) is 12.6 Å². The zero-order valence-corrected chi connectivity index (χ0v) is 17.7. The van der Waals surface area contributed by atoms with E-state index in [1.54, 1.807) is 41.5 Å². The molecule has 0 saturated heterocycles. The molecule has 1 rings (SSSR count).